The highest BCUT2D eigenvalue weighted by Gasteiger charge is 2.36. The smallest absolute Gasteiger partial charge is 0.257 e. The van der Waals surface area contributed by atoms with Gasteiger partial charge >= 0.3 is 0 Å². The molecule has 2 rings (SSSR count). The van der Waals surface area contributed by atoms with Crippen molar-refractivity contribution >= 4 is 17.5 Å². The van der Waals surface area contributed by atoms with Crippen LogP contribution in [0.5, 0.6) is 5.75 Å². The second-order valence-corrected chi connectivity index (χ2v) is 6.27. The van der Waals surface area contributed by atoms with Crippen LogP contribution >= 0.6 is 0 Å². The van der Waals surface area contributed by atoms with Gasteiger partial charge in [-0.1, -0.05) is 13.5 Å². The summed E-state index contributed by atoms with van der Waals surface area (Å²) in [6.07, 6.45) is 3.61. The van der Waals surface area contributed by atoms with Crippen LogP contribution in [0.3, 0.4) is 0 Å². The van der Waals surface area contributed by atoms with E-state index in [9.17, 15) is 19.8 Å². The Balaban J connectivity index is 2.23. The number of hydrogen-bond donors (Lipinski definition) is 3. The molecule has 0 aromatic heterocycles. The third kappa shape index (κ3) is 3.76. The fourth-order valence-electron chi connectivity index (χ4n) is 3.06. The largest absolute Gasteiger partial charge is 0.507 e. The Hall–Kier alpha value is -2.34. The number of aromatic hydroxyl groups is 1. The minimum atomic E-state index is -0.387. The molecule has 0 spiro atoms. The first-order valence-corrected chi connectivity index (χ1v) is 8.11. The second-order valence-electron chi connectivity index (χ2n) is 6.27. The normalized spacial score (nSPS) is 20.5. The number of aliphatic hydroxyl groups excluding tert-OH is 1. The number of anilines is 1. The third-order valence-corrected chi connectivity index (χ3v) is 4.71. The van der Waals surface area contributed by atoms with Crippen LogP contribution in [-0.2, 0) is 4.79 Å². The number of rotatable bonds is 5. The predicted molar refractivity (Wildman–Crippen MR) is 91.9 cm³/mol. The van der Waals surface area contributed by atoms with E-state index in [0.717, 1.165) is 25.3 Å². The van der Waals surface area contributed by atoms with E-state index in [1.807, 2.05) is 6.92 Å². The Labute approximate surface area is 141 Å². The van der Waals surface area contributed by atoms with Crippen LogP contribution in [-0.4, -0.2) is 46.6 Å². The minimum Gasteiger partial charge on any atom is -0.507 e. The van der Waals surface area contributed by atoms with Gasteiger partial charge in [-0.3, -0.25) is 9.59 Å². The van der Waals surface area contributed by atoms with Crippen LogP contribution in [0.1, 0.15) is 36.5 Å². The van der Waals surface area contributed by atoms with Gasteiger partial charge in [-0.25, -0.2) is 0 Å². The molecular formula is C18H24N2O4. The van der Waals surface area contributed by atoms with Gasteiger partial charge < -0.3 is 20.4 Å². The van der Waals surface area contributed by atoms with Crippen LogP contribution in [0.25, 0.3) is 0 Å². The van der Waals surface area contributed by atoms with Gasteiger partial charge in [0.05, 0.1) is 12.2 Å². The van der Waals surface area contributed by atoms with E-state index in [-0.39, 0.29) is 35.1 Å². The number of carbonyl (C=O) groups is 2. The highest BCUT2D eigenvalue weighted by atomic mass is 16.3. The summed E-state index contributed by atoms with van der Waals surface area (Å²) in [5, 5.41) is 22.3. The number of nitrogens with zero attached hydrogens (tertiary/aromatic N) is 1. The fourth-order valence-corrected chi connectivity index (χ4v) is 3.06. The Morgan fingerprint density at radius 1 is 1.46 bits per heavy atom. The number of phenols is 1. The first kappa shape index (κ1) is 18.0. The molecule has 0 radical (unpaired) electrons. The molecule has 0 saturated carbocycles. The molecule has 1 aromatic carbocycles. The lowest BCUT2D eigenvalue weighted by molar-refractivity contribution is -0.111. The Kier molecular flexibility index (Phi) is 5.62. The molecule has 1 fully saturated rings. The molecule has 2 amide bonds. The standard InChI is InChI=1S/C18H24N2O4/c1-3-16(23)19-13-6-7-15(22)14(10-13)17(24)20-9-5-8-18(4-2,11-20)12-21/h3,6-7,10,21-22H,1,4-5,8-9,11-12H2,2H3,(H,19,23). The molecule has 1 unspecified atom stereocenters. The van der Waals surface area contributed by atoms with Crippen molar-refractivity contribution in [2.45, 2.75) is 26.2 Å². The van der Waals surface area contributed by atoms with Gasteiger partial charge in [-0.15, -0.1) is 0 Å². The predicted octanol–water partition coefficient (Wildman–Crippen LogP) is 2.14. The van der Waals surface area contributed by atoms with E-state index in [1.165, 1.54) is 18.2 Å². The van der Waals surface area contributed by atoms with E-state index >= 15 is 0 Å². The topological polar surface area (TPSA) is 89.9 Å². The second kappa shape index (κ2) is 7.49. The SMILES string of the molecule is C=CC(=O)Nc1ccc(O)c(C(=O)N2CCCC(CC)(CO)C2)c1. The summed E-state index contributed by atoms with van der Waals surface area (Å²) < 4.78 is 0. The van der Waals surface area contributed by atoms with E-state index in [0.29, 0.717) is 18.8 Å². The number of hydrogen-bond acceptors (Lipinski definition) is 4. The number of phenolic OH excluding ortho intramolecular Hbond substituents is 1. The van der Waals surface area contributed by atoms with Crippen LogP contribution in [0, 0.1) is 5.41 Å². The Morgan fingerprint density at radius 3 is 2.83 bits per heavy atom. The zero-order valence-corrected chi connectivity index (χ0v) is 13.9. The van der Waals surface area contributed by atoms with Crippen molar-refractivity contribution in [1.29, 1.82) is 0 Å². The molecule has 1 aromatic rings. The molecule has 3 N–H and O–H groups in total. The van der Waals surface area contributed by atoms with Crippen molar-refractivity contribution in [2.75, 3.05) is 25.0 Å². The Morgan fingerprint density at radius 2 is 2.21 bits per heavy atom. The van der Waals surface area contributed by atoms with Crippen LogP contribution < -0.4 is 5.32 Å². The minimum absolute atomic E-state index is 0.0364. The van der Waals surface area contributed by atoms with Crippen molar-refractivity contribution in [3.8, 4) is 5.75 Å². The van der Waals surface area contributed by atoms with Gasteiger partial charge in [-0.2, -0.15) is 0 Å². The third-order valence-electron chi connectivity index (χ3n) is 4.71. The number of aliphatic hydroxyl groups is 1. The van der Waals surface area contributed by atoms with E-state index in [4.69, 9.17) is 0 Å². The van der Waals surface area contributed by atoms with Crippen molar-refractivity contribution in [1.82, 2.24) is 4.90 Å². The number of carbonyl (C=O) groups excluding carboxylic acids is 2. The van der Waals surface area contributed by atoms with Gasteiger partial charge in [0.15, 0.2) is 0 Å². The van der Waals surface area contributed by atoms with Crippen LogP contribution in [0.2, 0.25) is 0 Å². The summed E-state index contributed by atoms with van der Waals surface area (Å²) >= 11 is 0. The quantitative estimate of drug-likeness (QED) is 0.569. The molecule has 1 atom stereocenters. The first-order valence-electron chi connectivity index (χ1n) is 8.11. The lowest BCUT2D eigenvalue weighted by Gasteiger charge is -2.41. The number of likely N-dealkylation sites (tertiary alicyclic amines) is 1. The number of nitrogens with one attached hydrogen (secondary N) is 1. The highest BCUT2D eigenvalue weighted by molar-refractivity contribution is 6.02. The summed E-state index contributed by atoms with van der Waals surface area (Å²) in [5.41, 5.74) is 0.279. The van der Waals surface area contributed by atoms with Crippen molar-refractivity contribution in [3.05, 3.63) is 36.4 Å². The summed E-state index contributed by atoms with van der Waals surface area (Å²) in [6.45, 7) is 6.47. The monoisotopic (exact) mass is 332 g/mol. The number of benzene rings is 1. The molecule has 1 aliphatic heterocycles. The first-order chi connectivity index (χ1) is 11.4. The molecule has 1 aliphatic rings. The molecule has 6 heteroatoms. The van der Waals surface area contributed by atoms with Crippen LogP contribution in [0.4, 0.5) is 5.69 Å². The molecule has 1 saturated heterocycles. The fraction of sp³-hybridized carbons (Fsp3) is 0.444. The van der Waals surface area contributed by atoms with Gasteiger partial charge in [0, 0.05) is 24.2 Å². The van der Waals surface area contributed by atoms with Crippen molar-refractivity contribution in [2.24, 2.45) is 5.41 Å². The summed E-state index contributed by atoms with van der Waals surface area (Å²) in [7, 11) is 0. The average molecular weight is 332 g/mol. The molecule has 0 bridgehead atoms. The number of amides is 2. The molecule has 130 valence electrons. The maximum absolute atomic E-state index is 12.8. The molecular weight excluding hydrogens is 308 g/mol. The van der Waals surface area contributed by atoms with Gasteiger partial charge in [0.2, 0.25) is 5.91 Å². The van der Waals surface area contributed by atoms with Crippen molar-refractivity contribution < 1.29 is 19.8 Å². The lowest BCUT2D eigenvalue weighted by Crippen LogP contribution is -2.47. The maximum atomic E-state index is 12.8. The van der Waals surface area contributed by atoms with Crippen molar-refractivity contribution in [3.63, 3.8) is 0 Å². The van der Waals surface area contributed by atoms with Crippen LogP contribution in [0.15, 0.2) is 30.9 Å². The zero-order valence-electron chi connectivity index (χ0n) is 13.9. The molecule has 24 heavy (non-hydrogen) atoms. The van der Waals surface area contributed by atoms with E-state index < -0.39 is 0 Å². The van der Waals surface area contributed by atoms with Gasteiger partial charge in [0.25, 0.3) is 5.91 Å². The summed E-state index contributed by atoms with van der Waals surface area (Å²) in [5.74, 6) is -0.816. The summed E-state index contributed by atoms with van der Waals surface area (Å²) in [6, 6.07) is 4.36. The molecule has 0 aliphatic carbocycles. The average Bonchev–Trinajstić information content (AvgIpc) is 2.62. The molecule has 1 heterocycles. The van der Waals surface area contributed by atoms with Gasteiger partial charge in [0.1, 0.15) is 5.75 Å². The van der Waals surface area contributed by atoms with E-state index in [2.05, 4.69) is 11.9 Å². The Bertz CT molecular complexity index is 638. The highest BCUT2D eigenvalue weighted by Crippen LogP contribution is 2.34. The lowest BCUT2D eigenvalue weighted by atomic mass is 9.78. The summed E-state index contributed by atoms with van der Waals surface area (Å²) in [4.78, 5) is 25.9. The van der Waals surface area contributed by atoms with Gasteiger partial charge in [-0.05, 0) is 43.5 Å². The maximum Gasteiger partial charge on any atom is 0.257 e. The number of piperidine rings is 1. The molecule has 6 nitrogen and oxygen atoms in total. The van der Waals surface area contributed by atoms with E-state index in [1.54, 1.807) is 4.90 Å². The zero-order chi connectivity index (χ0) is 17.7.